The summed E-state index contributed by atoms with van der Waals surface area (Å²) < 4.78 is 35.0. The van der Waals surface area contributed by atoms with E-state index < -0.39 is 21.9 Å². The zero-order valence-corrected chi connectivity index (χ0v) is 21.8. The number of thiazole rings is 1. The van der Waals surface area contributed by atoms with E-state index in [1.165, 1.54) is 67.0 Å². The van der Waals surface area contributed by atoms with E-state index in [-0.39, 0.29) is 22.7 Å². The second-order valence-electron chi connectivity index (χ2n) is 7.76. The molecule has 0 aliphatic heterocycles. The lowest BCUT2D eigenvalue weighted by atomic mass is 10.2. The van der Waals surface area contributed by atoms with Crippen LogP contribution in [-0.2, 0) is 32.5 Å². The summed E-state index contributed by atoms with van der Waals surface area (Å²) in [4.78, 5) is 29.6. The van der Waals surface area contributed by atoms with E-state index in [2.05, 4.69) is 9.71 Å². The fraction of sp³-hybridized carbons (Fsp3) is 0.160. The summed E-state index contributed by atoms with van der Waals surface area (Å²) in [6, 6.07) is 17.6. The number of fused-ring (bicyclic) bond motifs is 1. The number of hydrogen-bond donors (Lipinski definition) is 1. The molecule has 0 saturated heterocycles. The Morgan fingerprint density at radius 2 is 1.75 bits per heavy atom. The first-order valence-corrected chi connectivity index (χ1v) is 13.5. The van der Waals surface area contributed by atoms with Crippen molar-refractivity contribution in [2.45, 2.75) is 24.8 Å². The van der Waals surface area contributed by atoms with Crippen molar-refractivity contribution in [1.82, 2.24) is 4.57 Å². The molecule has 8 nitrogen and oxygen atoms in total. The normalized spacial score (nSPS) is 12.0. The van der Waals surface area contributed by atoms with Crippen molar-refractivity contribution in [1.29, 1.82) is 0 Å². The summed E-state index contributed by atoms with van der Waals surface area (Å²) in [6.07, 6.45) is 0.852. The molecule has 36 heavy (non-hydrogen) atoms. The number of anilines is 1. The topological polar surface area (TPSA) is 107 Å². The summed E-state index contributed by atoms with van der Waals surface area (Å²) >= 11 is 7.13. The van der Waals surface area contributed by atoms with E-state index in [4.69, 9.17) is 16.3 Å². The van der Waals surface area contributed by atoms with E-state index >= 15 is 0 Å². The first-order valence-electron chi connectivity index (χ1n) is 10.9. The van der Waals surface area contributed by atoms with Gasteiger partial charge in [-0.15, -0.1) is 0 Å². The molecule has 186 valence electrons. The van der Waals surface area contributed by atoms with Crippen molar-refractivity contribution in [3.05, 3.63) is 87.7 Å². The van der Waals surface area contributed by atoms with Gasteiger partial charge in [0.05, 0.1) is 22.2 Å². The van der Waals surface area contributed by atoms with Gasteiger partial charge in [0.15, 0.2) is 4.80 Å². The Bertz CT molecular complexity index is 1610. The zero-order chi connectivity index (χ0) is 25.9. The number of esters is 1. The van der Waals surface area contributed by atoms with Crippen LogP contribution in [0.3, 0.4) is 0 Å². The molecule has 1 amide bonds. The molecule has 0 saturated carbocycles. The van der Waals surface area contributed by atoms with Crippen LogP contribution in [0.1, 0.15) is 22.8 Å². The number of nitrogens with zero attached hydrogens (tertiary/aromatic N) is 2. The minimum Gasteiger partial charge on any atom is -0.468 e. The largest absolute Gasteiger partial charge is 0.468 e. The molecule has 1 heterocycles. The van der Waals surface area contributed by atoms with Gasteiger partial charge in [-0.25, -0.2) is 8.42 Å². The smallest absolute Gasteiger partial charge is 0.325 e. The number of nitrogens with one attached hydrogen (secondary N) is 1. The molecule has 0 aliphatic rings. The van der Waals surface area contributed by atoms with Gasteiger partial charge in [-0.1, -0.05) is 35.9 Å². The van der Waals surface area contributed by atoms with E-state index in [0.717, 1.165) is 22.2 Å². The Morgan fingerprint density at radius 1 is 1.06 bits per heavy atom. The van der Waals surface area contributed by atoms with Gasteiger partial charge < -0.3 is 9.30 Å². The number of carbonyl (C=O) groups excluding carboxylic acids is 2. The molecule has 0 spiro atoms. The van der Waals surface area contributed by atoms with Gasteiger partial charge >= 0.3 is 5.97 Å². The number of hydrogen-bond acceptors (Lipinski definition) is 6. The molecule has 0 atom stereocenters. The number of methoxy groups -OCH3 is 1. The zero-order valence-electron chi connectivity index (χ0n) is 19.4. The molecule has 3 aromatic carbocycles. The van der Waals surface area contributed by atoms with E-state index in [1.807, 2.05) is 25.1 Å². The number of rotatable bonds is 7. The molecule has 0 fully saturated rings. The lowest BCUT2D eigenvalue weighted by molar-refractivity contribution is -0.141. The van der Waals surface area contributed by atoms with Gasteiger partial charge in [0.2, 0.25) is 0 Å². The van der Waals surface area contributed by atoms with Crippen molar-refractivity contribution >= 4 is 60.7 Å². The van der Waals surface area contributed by atoms with Crippen LogP contribution in [0.25, 0.3) is 10.2 Å². The first-order chi connectivity index (χ1) is 17.2. The molecule has 1 N–H and O–H groups in total. The Labute approximate surface area is 216 Å². The van der Waals surface area contributed by atoms with Crippen LogP contribution in [0, 0.1) is 0 Å². The van der Waals surface area contributed by atoms with Gasteiger partial charge in [0, 0.05) is 16.3 Å². The molecule has 4 rings (SSSR count). The molecule has 4 aromatic rings. The number of carbonyl (C=O) groups is 2. The highest BCUT2D eigenvalue weighted by Gasteiger charge is 2.16. The maximum atomic E-state index is 12.9. The molecule has 0 aliphatic carbocycles. The summed E-state index contributed by atoms with van der Waals surface area (Å²) in [6.45, 7) is 1.96. The average molecular weight is 544 g/mol. The van der Waals surface area contributed by atoms with Gasteiger partial charge in [0.25, 0.3) is 15.9 Å². The second kappa shape index (κ2) is 10.7. The SMILES string of the molecule is CCc1ccc2c(c1)sc(=NC(=O)c1ccc(NS(=O)(=O)c3ccc(Cl)cc3)cc1)n2CC(=O)OC. The van der Waals surface area contributed by atoms with Crippen LogP contribution in [0.2, 0.25) is 5.02 Å². The van der Waals surface area contributed by atoms with Crippen LogP contribution in [0.4, 0.5) is 5.69 Å². The number of amides is 1. The third-order valence-electron chi connectivity index (χ3n) is 5.38. The Morgan fingerprint density at radius 3 is 2.39 bits per heavy atom. The summed E-state index contributed by atoms with van der Waals surface area (Å²) in [5.41, 5.74) is 2.46. The average Bonchev–Trinajstić information content (AvgIpc) is 3.19. The van der Waals surface area contributed by atoms with Crippen molar-refractivity contribution in [2.75, 3.05) is 11.8 Å². The van der Waals surface area contributed by atoms with Gasteiger partial charge in [-0.3, -0.25) is 14.3 Å². The van der Waals surface area contributed by atoms with Crippen LogP contribution < -0.4 is 9.52 Å². The summed E-state index contributed by atoms with van der Waals surface area (Å²) in [5, 5.41) is 0.429. The van der Waals surface area contributed by atoms with Crippen LogP contribution in [0.5, 0.6) is 0 Å². The fourth-order valence-electron chi connectivity index (χ4n) is 3.43. The van der Waals surface area contributed by atoms with E-state index in [9.17, 15) is 18.0 Å². The van der Waals surface area contributed by atoms with Crippen molar-refractivity contribution in [2.24, 2.45) is 4.99 Å². The minimum absolute atomic E-state index is 0.0632. The van der Waals surface area contributed by atoms with Crippen molar-refractivity contribution < 1.29 is 22.7 Å². The minimum atomic E-state index is -3.81. The third kappa shape index (κ3) is 5.67. The van der Waals surface area contributed by atoms with Crippen LogP contribution in [-0.4, -0.2) is 32.0 Å². The molecule has 1 aromatic heterocycles. The number of aryl methyl sites for hydroxylation is 1. The number of benzene rings is 3. The van der Waals surface area contributed by atoms with E-state index in [0.29, 0.717) is 9.82 Å². The van der Waals surface area contributed by atoms with E-state index in [1.54, 1.807) is 4.57 Å². The third-order valence-corrected chi connectivity index (χ3v) is 8.07. The highest BCUT2D eigenvalue weighted by atomic mass is 35.5. The summed E-state index contributed by atoms with van der Waals surface area (Å²) in [5.74, 6) is -0.983. The van der Waals surface area contributed by atoms with Crippen LogP contribution in [0.15, 0.2) is 76.6 Å². The first kappa shape index (κ1) is 25.6. The number of aromatic nitrogens is 1. The quantitative estimate of drug-likeness (QED) is 0.342. The molecular formula is C25H22ClN3O5S2. The van der Waals surface area contributed by atoms with Crippen LogP contribution >= 0.6 is 22.9 Å². The van der Waals surface area contributed by atoms with Gasteiger partial charge in [-0.05, 0) is 72.6 Å². The van der Waals surface area contributed by atoms with Gasteiger partial charge in [-0.2, -0.15) is 4.99 Å². The Hall–Kier alpha value is -3.47. The monoisotopic (exact) mass is 543 g/mol. The number of sulfonamides is 1. The predicted molar refractivity (Wildman–Crippen MR) is 140 cm³/mol. The highest BCUT2D eigenvalue weighted by molar-refractivity contribution is 7.92. The maximum Gasteiger partial charge on any atom is 0.325 e. The Kier molecular flexibility index (Phi) is 7.58. The van der Waals surface area contributed by atoms with Crippen molar-refractivity contribution in [3.8, 4) is 0 Å². The lowest BCUT2D eigenvalue weighted by Crippen LogP contribution is -2.22. The lowest BCUT2D eigenvalue weighted by Gasteiger charge is -2.08. The molecule has 0 radical (unpaired) electrons. The number of ether oxygens (including phenoxy) is 1. The maximum absolute atomic E-state index is 12.9. The summed E-state index contributed by atoms with van der Waals surface area (Å²) in [7, 11) is -2.51. The van der Waals surface area contributed by atoms with Gasteiger partial charge in [0.1, 0.15) is 6.54 Å². The predicted octanol–water partition coefficient (Wildman–Crippen LogP) is 4.63. The second-order valence-corrected chi connectivity index (χ2v) is 10.9. The fourth-order valence-corrected chi connectivity index (χ4v) is 5.71. The molecule has 11 heteroatoms. The van der Waals surface area contributed by atoms with Crippen molar-refractivity contribution in [3.63, 3.8) is 0 Å². The Balaban J connectivity index is 1.62. The highest BCUT2D eigenvalue weighted by Crippen LogP contribution is 2.21. The standard InChI is InChI=1S/C25H22ClN3O5S2/c1-3-16-4-13-21-22(14-16)35-25(29(21)15-23(30)34-2)27-24(31)17-5-9-19(10-6-17)28-36(32,33)20-11-7-18(26)8-12-20/h4-14,28H,3,15H2,1-2H3. The number of halogens is 1. The molecule has 0 unspecified atom stereocenters. The molecule has 0 bridgehead atoms. The molecular weight excluding hydrogens is 522 g/mol.